The number of aliphatic hydroxyl groups is 1. The monoisotopic (exact) mass is 303 g/mol. The Balaban J connectivity index is 1.72. The van der Waals surface area contributed by atoms with Crippen LogP contribution in [-0.4, -0.2) is 40.7 Å². The minimum atomic E-state index is -0.397. The van der Waals surface area contributed by atoms with Gasteiger partial charge in [-0.05, 0) is 62.8 Å². The molecule has 3 rings (SSSR count). The maximum absolute atomic E-state index is 12.8. The number of likely N-dealkylation sites (tertiary alicyclic amines) is 1. The summed E-state index contributed by atoms with van der Waals surface area (Å²) in [5, 5.41) is 9.61. The Morgan fingerprint density at radius 3 is 2.86 bits per heavy atom. The molecule has 2 aliphatic rings. The molecule has 0 spiro atoms. The Kier molecular flexibility index (Phi) is 4.13. The molecule has 1 fully saturated rings. The van der Waals surface area contributed by atoms with Crippen LogP contribution in [0.4, 0.5) is 0 Å². The molecule has 4 heteroatoms. The molecule has 0 radical (unpaired) electrons. The molecule has 0 saturated carbocycles. The van der Waals surface area contributed by atoms with Crippen molar-refractivity contribution in [2.24, 2.45) is 0 Å². The van der Waals surface area contributed by atoms with Crippen molar-refractivity contribution >= 4 is 5.91 Å². The van der Waals surface area contributed by atoms with E-state index in [0.29, 0.717) is 12.8 Å². The maximum Gasteiger partial charge on any atom is 0.264 e. The third kappa shape index (κ3) is 2.84. The highest BCUT2D eigenvalue weighted by molar-refractivity contribution is 5.83. The van der Waals surface area contributed by atoms with E-state index >= 15 is 0 Å². The number of aliphatic hydroxyl groups excluding tert-OH is 1. The lowest BCUT2D eigenvalue weighted by Crippen LogP contribution is -2.44. The molecular weight excluding hydrogens is 278 g/mol. The molecule has 4 nitrogen and oxygen atoms in total. The van der Waals surface area contributed by atoms with E-state index in [4.69, 9.17) is 4.74 Å². The normalized spacial score (nSPS) is 25.0. The van der Waals surface area contributed by atoms with Gasteiger partial charge in [0, 0.05) is 19.0 Å². The number of benzene rings is 1. The van der Waals surface area contributed by atoms with Gasteiger partial charge in [-0.3, -0.25) is 4.79 Å². The third-order valence-electron chi connectivity index (χ3n) is 4.90. The van der Waals surface area contributed by atoms with Crippen LogP contribution in [0, 0.1) is 13.8 Å². The zero-order valence-corrected chi connectivity index (χ0v) is 13.6. The van der Waals surface area contributed by atoms with Crippen molar-refractivity contribution in [2.75, 3.05) is 6.54 Å². The SMILES string of the molecule is Cc1cc2c(cc1C)OC(C(=O)N1CCCC1CC(C)O)C2. The molecule has 1 amide bonds. The Morgan fingerprint density at radius 1 is 1.41 bits per heavy atom. The fourth-order valence-corrected chi connectivity index (χ4v) is 3.60. The Bertz CT molecular complexity index is 551. The summed E-state index contributed by atoms with van der Waals surface area (Å²) in [6.45, 7) is 6.72. The smallest absolute Gasteiger partial charge is 0.264 e. The van der Waals surface area contributed by atoms with Crippen LogP contribution in [0.1, 0.15) is 42.9 Å². The predicted molar refractivity (Wildman–Crippen MR) is 85.1 cm³/mol. The van der Waals surface area contributed by atoms with Crippen molar-refractivity contribution in [3.63, 3.8) is 0 Å². The molecule has 0 aromatic heterocycles. The molecule has 1 aromatic carbocycles. The molecule has 2 aliphatic heterocycles. The maximum atomic E-state index is 12.8. The number of ether oxygens (including phenoxy) is 1. The van der Waals surface area contributed by atoms with Crippen molar-refractivity contribution in [3.8, 4) is 5.75 Å². The molecule has 1 N–H and O–H groups in total. The van der Waals surface area contributed by atoms with Crippen molar-refractivity contribution < 1.29 is 14.6 Å². The summed E-state index contributed by atoms with van der Waals surface area (Å²) in [6, 6.07) is 4.33. The highest BCUT2D eigenvalue weighted by Crippen LogP contribution is 2.33. The number of carbonyl (C=O) groups is 1. The summed E-state index contributed by atoms with van der Waals surface area (Å²) in [7, 11) is 0. The van der Waals surface area contributed by atoms with Crippen molar-refractivity contribution in [3.05, 3.63) is 28.8 Å². The van der Waals surface area contributed by atoms with E-state index in [-0.39, 0.29) is 18.1 Å². The number of hydrogen-bond acceptors (Lipinski definition) is 3. The van der Waals surface area contributed by atoms with Crippen molar-refractivity contribution in [1.82, 2.24) is 4.90 Å². The molecule has 120 valence electrons. The fraction of sp³-hybridized carbons (Fsp3) is 0.611. The number of nitrogens with zero attached hydrogens (tertiary/aromatic N) is 1. The van der Waals surface area contributed by atoms with Gasteiger partial charge in [-0.1, -0.05) is 6.07 Å². The van der Waals surface area contributed by atoms with Gasteiger partial charge >= 0.3 is 0 Å². The predicted octanol–water partition coefficient (Wildman–Crippen LogP) is 2.37. The van der Waals surface area contributed by atoms with Gasteiger partial charge in [-0.15, -0.1) is 0 Å². The van der Waals surface area contributed by atoms with Gasteiger partial charge in [-0.2, -0.15) is 0 Å². The van der Waals surface area contributed by atoms with Gasteiger partial charge in [-0.25, -0.2) is 0 Å². The van der Waals surface area contributed by atoms with Gasteiger partial charge in [0.25, 0.3) is 5.91 Å². The van der Waals surface area contributed by atoms with Gasteiger partial charge in [0.2, 0.25) is 0 Å². The zero-order chi connectivity index (χ0) is 15.9. The summed E-state index contributed by atoms with van der Waals surface area (Å²) in [6.07, 6.45) is 2.54. The molecule has 0 aliphatic carbocycles. The van der Waals surface area contributed by atoms with Gasteiger partial charge in [0.15, 0.2) is 6.10 Å². The first-order chi connectivity index (χ1) is 10.5. The number of amides is 1. The standard InChI is InChI=1S/C18H25NO3/c1-11-7-14-10-17(22-16(14)8-12(11)2)18(21)19-6-4-5-15(19)9-13(3)20/h7-8,13,15,17,20H,4-6,9-10H2,1-3H3. The molecule has 22 heavy (non-hydrogen) atoms. The second kappa shape index (κ2) is 5.92. The Labute approximate surface area is 132 Å². The topological polar surface area (TPSA) is 49.8 Å². The highest BCUT2D eigenvalue weighted by Gasteiger charge is 2.37. The average Bonchev–Trinajstić information content (AvgIpc) is 3.04. The second-order valence-corrected chi connectivity index (χ2v) is 6.77. The average molecular weight is 303 g/mol. The third-order valence-corrected chi connectivity index (χ3v) is 4.90. The first-order valence-electron chi connectivity index (χ1n) is 8.21. The van der Waals surface area contributed by atoms with Crippen LogP contribution in [0.3, 0.4) is 0 Å². The van der Waals surface area contributed by atoms with E-state index < -0.39 is 6.10 Å². The first-order valence-corrected chi connectivity index (χ1v) is 8.21. The van der Waals surface area contributed by atoms with E-state index in [2.05, 4.69) is 19.9 Å². The quantitative estimate of drug-likeness (QED) is 0.932. The molecule has 2 heterocycles. The van der Waals surface area contributed by atoms with Crippen LogP contribution in [-0.2, 0) is 11.2 Å². The van der Waals surface area contributed by atoms with Crippen LogP contribution in [0.5, 0.6) is 5.75 Å². The van der Waals surface area contributed by atoms with Gasteiger partial charge < -0.3 is 14.7 Å². The minimum absolute atomic E-state index is 0.0784. The van der Waals surface area contributed by atoms with Crippen LogP contribution < -0.4 is 4.74 Å². The van der Waals surface area contributed by atoms with E-state index in [0.717, 1.165) is 30.7 Å². The van der Waals surface area contributed by atoms with Crippen molar-refractivity contribution in [2.45, 2.75) is 64.7 Å². The van der Waals surface area contributed by atoms with Crippen LogP contribution >= 0.6 is 0 Å². The number of fused-ring (bicyclic) bond motifs is 1. The van der Waals surface area contributed by atoms with E-state index in [1.54, 1.807) is 6.92 Å². The van der Waals surface area contributed by atoms with Crippen LogP contribution in [0.2, 0.25) is 0 Å². The highest BCUT2D eigenvalue weighted by atomic mass is 16.5. The summed E-state index contributed by atoms with van der Waals surface area (Å²) in [4.78, 5) is 14.7. The zero-order valence-electron chi connectivity index (χ0n) is 13.6. The van der Waals surface area contributed by atoms with Gasteiger partial charge in [0.05, 0.1) is 6.10 Å². The molecule has 1 aromatic rings. The van der Waals surface area contributed by atoms with E-state index in [1.165, 1.54) is 11.1 Å². The largest absolute Gasteiger partial charge is 0.480 e. The summed E-state index contributed by atoms with van der Waals surface area (Å²) in [5.41, 5.74) is 3.57. The molecule has 1 saturated heterocycles. The lowest BCUT2D eigenvalue weighted by atomic mass is 10.0. The van der Waals surface area contributed by atoms with Crippen molar-refractivity contribution in [1.29, 1.82) is 0 Å². The second-order valence-electron chi connectivity index (χ2n) is 6.77. The minimum Gasteiger partial charge on any atom is -0.480 e. The lowest BCUT2D eigenvalue weighted by molar-refractivity contribution is -0.139. The molecule has 0 bridgehead atoms. The molecule has 3 unspecified atom stereocenters. The van der Waals surface area contributed by atoms with E-state index in [9.17, 15) is 9.90 Å². The fourth-order valence-electron chi connectivity index (χ4n) is 3.60. The number of carbonyl (C=O) groups excluding carboxylic acids is 1. The van der Waals surface area contributed by atoms with E-state index in [1.807, 2.05) is 11.0 Å². The Hall–Kier alpha value is -1.55. The summed E-state index contributed by atoms with van der Waals surface area (Å²) >= 11 is 0. The number of rotatable bonds is 3. The van der Waals surface area contributed by atoms with Crippen LogP contribution in [0.15, 0.2) is 12.1 Å². The summed E-state index contributed by atoms with van der Waals surface area (Å²) in [5.74, 6) is 0.933. The molecular formula is C18H25NO3. The first kappa shape index (κ1) is 15.3. The lowest BCUT2D eigenvalue weighted by Gasteiger charge is -2.27. The summed E-state index contributed by atoms with van der Waals surface area (Å²) < 4.78 is 5.92. The van der Waals surface area contributed by atoms with Gasteiger partial charge in [0.1, 0.15) is 5.75 Å². The van der Waals surface area contributed by atoms with Crippen LogP contribution in [0.25, 0.3) is 0 Å². The number of hydrogen-bond donors (Lipinski definition) is 1. The number of aryl methyl sites for hydroxylation is 2. The molecule has 3 atom stereocenters. The Morgan fingerprint density at radius 2 is 2.14 bits per heavy atom.